The fraction of sp³-hybridized carbons (Fsp3) is 0.350. The summed E-state index contributed by atoms with van der Waals surface area (Å²) in [7, 11) is 1.62. The molecule has 5 nitrogen and oxygen atoms in total. The lowest BCUT2D eigenvalue weighted by Gasteiger charge is -2.12. The van der Waals surface area contributed by atoms with Crippen LogP contribution in [0.4, 0.5) is 0 Å². The zero-order chi connectivity index (χ0) is 18.5. The van der Waals surface area contributed by atoms with Crippen LogP contribution in [0.25, 0.3) is 11.1 Å². The Labute approximate surface area is 157 Å². The van der Waals surface area contributed by atoms with Crippen molar-refractivity contribution in [3.63, 3.8) is 0 Å². The van der Waals surface area contributed by atoms with Crippen molar-refractivity contribution in [1.82, 2.24) is 4.98 Å². The zero-order valence-electron chi connectivity index (χ0n) is 14.8. The summed E-state index contributed by atoms with van der Waals surface area (Å²) in [6.07, 6.45) is 2.23. The van der Waals surface area contributed by atoms with Crippen LogP contribution in [0.15, 0.2) is 35.4 Å². The molecule has 0 aliphatic heterocycles. The number of esters is 1. The maximum Gasteiger partial charge on any atom is 0.316 e. The first kappa shape index (κ1) is 18.3. The molecule has 1 aromatic heterocycles. The molecule has 0 bridgehead atoms. The summed E-state index contributed by atoms with van der Waals surface area (Å²) >= 11 is 1.26. The molecule has 1 fully saturated rings. The van der Waals surface area contributed by atoms with Gasteiger partial charge in [-0.3, -0.25) is 4.79 Å². The summed E-state index contributed by atoms with van der Waals surface area (Å²) in [5, 5.41) is 10.3. The molecular formula is C20H20N2O3S. The van der Waals surface area contributed by atoms with Crippen molar-refractivity contribution in [1.29, 1.82) is 5.26 Å². The van der Waals surface area contributed by atoms with Crippen molar-refractivity contribution in [3.8, 4) is 22.9 Å². The Morgan fingerprint density at radius 3 is 2.65 bits per heavy atom. The van der Waals surface area contributed by atoms with Gasteiger partial charge in [0.05, 0.1) is 25.0 Å². The average Bonchev–Trinajstić information content (AvgIpc) is 3.51. The Hall–Kier alpha value is -2.52. The van der Waals surface area contributed by atoms with Crippen molar-refractivity contribution in [2.75, 3.05) is 19.5 Å². The Morgan fingerprint density at radius 2 is 2.08 bits per heavy atom. The summed E-state index contributed by atoms with van der Waals surface area (Å²) in [6, 6.07) is 11.9. The standard InChI is InChI=1S/C20H20N2O3S/c1-3-25-19(23)12-26-20-17(11-21)16(10-18(22-20)14-4-5-14)13-6-8-15(24-2)9-7-13/h6-10,14H,3-5,12H2,1-2H3. The molecule has 2 aromatic rings. The monoisotopic (exact) mass is 368 g/mol. The van der Waals surface area contributed by atoms with Crippen LogP contribution in [0.1, 0.15) is 36.9 Å². The Morgan fingerprint density at radius 1 is 1.35 bits per heavy atom. The fourth-order valence-corrected chi connectivity index (χ4v) is 3.48. The molecule has 0 atom stereocenters. The topological polar surface area (TPSA) is 72.2 Å². The second-order valence-electron chi connectivity index (χ2n) is 5.98. The number of methoxy groups -OCH3 is 1. The van der Waals surface area contributed by atoms with Crippen LogP contribution in [-0.4, -0.2) is 30.4 Å². The number of aromatic nitrogens is 1. The van der Waals surface area contributed by atoms with Crippen LogP contribution in [0, 0.1) is 11.3 Å². The number of nitrogens with zero attached hydrogens (tertiary/aromatic N) is 2. The van der Waals surface area contributed by atoms with Crippen molar-refractivity contribution in [2.45, 2.75) is 30.7 Å². The second kappa shape index (κ2) is 8.24. The van der Waals surface area contributed by atoms with Crippen molar-refractivity contribution < 1.29 is 14.3 Å². The van der Waals surface area contributed by atoms with Gasteiger partial charge in [-0.1, -0.05) is 23.9 Å². The number of rotatable bonds is 7. The van der Waals surface area contributed by atoms with E-state index < -0.39 is 0 Å². The third-order valence-corrected chi connectivity index (χ3v) is 5.10. The Balaban J connectivity index is 1.99. The van der Waals surface area contributed by atoms with Crippen LogP contribution in [-0.2, 0) is 9.53 Å². The van der Waals surface area contributed by atoms with Crippen LogP contribution in [0.3, 0.4) is 0 Å². The van der Waals surface area contributed by atoms with Gasteiger partial charge in [-0.05, 0) is 43.5 Å². The summed E-state index contributed by atoms with van der Waals surface area (Å²) in [6.45, 7) is 2.12. The molecule has 0 unspecified atom stereocenters. The third kappa shape index (κ3) is 4.17. The molecule has 1 aromatic carbocycles. The van der Waals surface area contributed by atoms with E-state index in [0.29, 0.717) is 23.1 Å². The summed E-state index contributed by atoms with van der Waals surface area (Å²) < 4.78 is 10.2. The average molecular weight is 368 g/mol. The first-order valence-corrected chi connectivity index (χ1v) is 9.52. The van der Waals surface area contributed by atoms with E-state index >= 15 is 0 Å². The van der Waals surface area contributed by atoms with Crippen LogP contribution >= 0.6 is 11.8 Å². The highest BCUT2D eigenvalue weighted by Crippen LogP contribution is 2.42. The minimum absolute atomic E-state index is 0.145. The minimum Gasteiger partial charge on any atom is -0.497 e. The number of carbonyl (C=O) groups is 1. The number of carbonyl (C=O) groups excluding carboxylic acids is 1. The molecule has 1 heterocycles. The van der Waals surface area contributed by atoms with Gasteiger partial charge in [-0.2, -0.15) is 5.26 Å². The predicted octanol–water partition coefficient (Wildman–Crippen LogP) is 4.16. The van der Waals surface area contributed by atoms with Crippen molar-refractivity contribution >= 4 is 17.7 Å². The number of pyridine rings is 1. The zero-order valence-corrected chi connectivity index (χ0v) is 15.6. The van der Waals surface area contributed by atoms with Crippen molar-refractivity contribution in [3.05, 3.63) is 41.6 Å². The van der Waals surface area contributed by atoms with E-state index in [9.17, 15) is 10.1 Å². The maximum atomic E-state index is 11.7. The van der Waals surface area contributed by atoms with Crippen LogP contribution < -0.4 is 4.74 Å². The van der Waals surface area contributed by atoms with Gasteiger partial charge >= 0.3 is 5.97 Å². The molecule has 0 N–H and O–H groups in total. The molecule has 0 saturated heterocycles. The fourth-order valence-electron chi connectivity index (χ4n) is 2.67. The molecule has 1 aliphatic carbocycles. The molecule has 3 rings (SSSR count). The van der Waals surface area contributed by atoms with E-state index in [1.54, 1.807) is 14.0 Å². The normalized spacial score (nSPS) is 13.1. The first-order chi connectivity index (χ1) is 12.7. The van der Waals surface area contributed by atoms with Gasteiger partial charge in [0, 0.05) is 17.2 Å². The highest BCUT2D eigenvalue weighted by Gasteiger charge is 2.27. The third-order valence-electron chi connectivity index (χ3n) is 4.15. The second-order valence-corrected chi connectivity index (χ2v) is 6.95. The highest BCUT2D eigenvalue weighted by molar-refractivity contribution is 7.99. The smallest absolute Gasteiger partial charge is 0.316 e. The largest absolute Gasteiger partial charge is 0.497 e. The number of ether oxygens (including phenoxy) is 2. The number of thioether (sulfide) groups is 1. The predicted molar refractivity (Wildman–Crippen MR) is 100 cm³/mol. The molecule has 0 amide bonds. The number of hydrogen-bond acceptors (Lipinski definition) is 6. The SMILES string of the molecule is CCOC(=O)CSc1nc(C2CC2)cc(-c2ccc(OC)cc2)c1C#N. The first-order valence-electron chi connectivity index (χ1n) is 8.54. The summed E-state index contributed by atoms with van der Waals surface area (Å²) in [5.41, 5.74) is 3.26. The lowest BCUT2D eigenvalue weighted by Crippen LogP contribution is -2.07. The van der Waals surface area contributed by atoms with Crippen LogP contribution in [0.2, 0.25) is 0 Å². The van der Waals surface area contributed by atoms with E-state index in [-0.39, 0.29) is 11.7 Å². The van der Waals surface area contributed by atoms with Gasteiger partial charge in [-0.25, -0.2) is 4.98 Å². The van der Waals surface area contributed by atoms with E-state index in [1.807, 2.05) is 30.3 Å². The van der Waals surface area contributed by atoms with E-state index in [0.717, 1.165) is 35.4 Å². The van der Waals surface area contributed by atoms with Gasteiger partial charge in [-0.15, -0.1) is 0 Å². The van der Waals surface area contributed by atoms with Gasteiger partial charge in [0.2, 0.25) is 0 Å². The molecule has 1 saturated carbocycles. The maximum absolute atomic E-state index is 11.7. The van der Waals surface area contributed by atoms with Gasteiger partial charge in [0.15, 0.2) is 0 Å². The van der Waals surface area contributed by atoms with E-state index in [4.69, 9.17) is 9.47 Å². The lowest BCUT2D eigenvalue weighted by atomic mass is 10.00. The van der Waals surface area contributed by atoms with Crippen LogP contribution in [0.5, 0.6) is 5.75 Å². The van der Waals surface area contributed by atoms with Gasteiger partial charge in [0.1, 0.15) is 16.8 Å². The molecule has 0 radical (unpaired) electrons. The number of nitriles is 1. The summed E-state index contributed by atoms with van der Waals surface area (Å²) in [5.74, 6) is 1.06. The van der Waals surface area contributed by atoms with Crippen molar-refractivity contribution in [2.24, 2.45) is 0 Å². The van der Waals surface area contributed by atoms with Gasteiger partial charge in [0.25, 0.3) is 0 Å². The number of benzene rings is 1. The highest BCUT2D eigenvalue weighted by atomic mass is 32.2. The molecule has 6 heteroatoms. The molecular weight excluding hydrogens is 348 g/mol. The molecule has 26 heavy (non-hydrogen) atoms. The molecule has 0 spiro atoms. The molecule has 134 valence electrons. The van der Waals surface area contributed by atoms with E-state index in [2.05, 4.69) is 11.1 Å². The molecule has 1 aliphatic rings. The quantitative estimate of drug-likeness (QED) is 0.540. The Bertz CT molecular complexity index is 839. The minimum atomic E-state index is -0.300. The van der Waals surface area contributed by atoms with Gasteiger partial charge < -0.3 is 9.47 Å². The number of hydrogen-bond donors (Lipinski definition) is 0. The Kier molecular flexibility index (Phi) is 5.79. The summed E-state index contributed by atoms with van der Waals surface area (Å²) in [4.78, 5) is 16.4. The lowest BCUT2D eigenvalue weighted by molar-refractivity contribution is -0.139. The van der Waals surface area contributed by atoms with E-state index in [1.165, 1.54) is 11.8 Å².